The minimum Gasteiger partial charge on any atom is -0.302 e. The molecule has 0 atom stereocenters. The molecule has 0 fully saturated rings. The van der Waals surface area contributed by atoms with Gasteiger partial charge in [-0.15, -0.1) is 0 Å². The minimum atomic E-state index is 0.756. The first-order chi connectivity index (χ1) is 6.68. The summed E-state index contributed by atoms with van der Waals surface area (Å²) in [4.78, 5) is 4.07. The van der Waals surface area contributed by atoms with Crippen LogP contribution in [0.1, 0.15) is 11.3 Å². The molecule has 0 aliphatic rings. The van der Waals surface area contributed by atoms with Crippen LogP contribution < -0.4 is 0 Å². The van der Waals surface area contributed by atoms with Crippen molar-refractivity contribution >= 4 is 11.6 Å². The molecule has 0 aliphatic heterocycles. The summed E-state index contributed by atoms with van der Waals surface area (Å²) in [6.07, 6.45) is 3.59. The molecule has 0 radical (unpaired) electrons. The van der Waals surface area contributed by atoms with Crippen LogP contribution in [-0.4, -0.2) is 9.55 Å². The highest BCUT2D eigenvalue weighted by atomic mass is 35.5. The van der Waals surface area contributed by atoms with Gasteiger partial charge in [-0.3, -0.25) is 0 Å². The lowest BCUT2D eigenvalue weighted by atomic mass is 10.2. The predicted octanol–water partition coefficient (Wildman–Crippen LogP) is 3.14. The molecule has 2 rings (SSSR count). The summed E-state index contributed by atoms with van der Waals surface area (Å²) in [5.74, 6) is 0. The first-order valence-corrected chi connectivity index (χ1v) is 4.82. The standard InChI is InChI=1S/C11H11ClN2/c1-8-3-4-11(10(12)5-8)14-7-13-6-9(14)2/h3-7H,1-2H3. The molecule has 0 N–H and O–H groups in total. The van der Waals surface area contributed by atoms with Gasteiger partial charge in [0.2, 0.25) is 0 Å². The van der Waals surface area contributed by atoms with E-state index in [1.807, 2.05) is 42.8 Å². The van der Waals surface area contributed by atoms with Crippen LogP contribution in [0.3, 0.4) is 0 Å². The van der Waals surface area contributed by atoms with Crippen molar-refractivity contribution in [3.63, 3.8) is 0 Å². The normalized spacial score (nSPS) is 10.5. The Morgan fingerprint density at radius 1 is 1.29 bits per heavy atom. The molecule has 1 heterocycles. The zero-order valence-corrected chi connectivity index (χ0v) is 8.92. The topological polar surface area (TPSA) is 17.8 Å². The van der Waals surface area contributed by atoms with Crippen LogP contribution in [0.15, 0.2) is 30.7 Å². The first kappa shape index (κ1) is 9.28. The van der Waals surface area contributed by atoms with E-state index in [-0.39, 0.29) is 0 Å². The zero-order chi connectivity index (χ0) is 10.1. The summed E-state index contributed by atoms with van der Waals surface area (Å²) in [6, 6.07) is 6.00. The van der Waals surface area contributed by atoms with E-state index in [0.717, 1.165) is 22.0 Å². The van der Waals surface area contributed by atoms with Gasteiger partial charge in [0.05, 0.1) is 17.0 Å². The summed E-state index contributed by atoms with van der Waals surface area (Å²) >= 11 is 6.14. The van der Waals surface area contributed by atoms with Crippen molar-refractivity contribution in [2.75, 3.05) is 0 Å². The van der Waals surface area contributed by atoms with Crippen LogP contribution in [0.25, 0.3) is 5.69 Å². The van der Waals surface area contributed by atoms with Crippen LogP contribution in [0, 0.1) is 13.8 Å². The lowest BCUT2D eigenvalue weighted by Crippen LogP contribution is -1.95. The smallest absolute Gasteiger partial charge is 0.0994 e. The monoisotopic (exact) mass is 206 g/mol. The molecule has 14 heavy (non-hydrogen) atoms. The molecule has 0 saturated carbocycles. The Labute approximate surface area is 88.2 Å². The number of benzene rings is 1. The maximum Gasteiger partial charge on any atom is 0.0994 e. The summed E-state index contributed by atoms with van der Waals surface area (Å²) in [5, 5.41) is 0.756. The largest absolute Gasteiger partial charge is 0.302 e. The average molecular weight is 207 g/mol. The van der Waals surface area contributed by atoms with Gasteiger partial charge in [0.15, 0.2) is 0 Å². The summed E-state index contributed by atoms with van der Waals surface area (Å²) in [5.41, 5.74) is 3.22. The third-order valence-electron chi connectivity index (χ3n) is 2.19. The molecule has 2 aromatic rings. The molecule has 0 saturated heterocycles. The second kappa shape index (κ2) is 3.46. The molecule has 0 amide bonds. The highest BCUT2D eigenvalue weighted by molar-refractivity contribution is 6.32. The number of halogens is 1. The van der Waals surface area contributed by atoms with Gasteiger partial charge in [-0.2, -0.15) is 0 Å². The summed E-state index contributed by atoms with van der Waals surface area (Å²) < 4.78 is 1.97. The Balaban J connectivity index is 2.58. The van der Waals surface area contributed by atoms with E-state index in [4.69, 9.17) is 11.6 Å². The molecular weight excluding hydrogens is 196 g/mol. The Bertz CT molecular complexity index is 460. The van der Waals surface area contributed by atoms with Crippen molar-refractivity contribution in [2.24, 2.45) is 0 Å². The maximum absolute atomic E-state index is 6.14. The first-order valence-electron chi connectivity index (χ1n) is 4.44. The molecule has 3 heteroatoms. The van der Waals surface area contributed by atoms with Gasteiger partial charge in [-0.05, 0) is 31.5 Å². The van der Waals surface area contributed by atoms with E-state index >= 15 is 0 Å². The van der Waals surface area contributed by atoms with Gasteiger partial charge in [0, 0.05) is 11.9 Å². The number of aromatic nitrogens is 2. The number of nitrogens with zero attached hydrogens (tertiary/aromatic N) is 2. The van der Waals surface area contributed by atoms with Crippen LogP contribution in [0.4, 0.5) is 0 Å². The quantitative estimate of drug-likeness (QED) is 0.701. The Hall–Kier alpha value is -1.28. The van der Waals surface area contributed by atoms with Crippen LogP contribution >= 0.6 is 11.6 Å². The summed E-state index contributed by atoms with van der Waals surface area (Å²) in [7, 11) is 0. The number of hydrogen-bond acceptors (Lipinski definition) is 1. The van der Waals surface area contributed by atoms with Crippen molar-refractivity contribution in [1.29, 1.82) is 0 Å². The predicted molar refractivity (Wildman–Crippen MR) is 58.0 cm³/mol. The van der Waals surface area contributed by atoms with Crippen molar-refractivity contribution in [2.45, 2.75) is 13.8 Å². The van der Waals surface area contributed by atoms with E-state index in [1.54, 1.807) is 6.33 Å². The highest BCUT2D eigenvalue weighted by Gasteiger charge is 2.04. The molecular formula is C11H11ClN2. The second-order valence-corrected chi connectivity index (χ2v) is 3.77. The maximum atomic E-state index is 6.14. The molecule has 0 aliphatic carbocycles. The van der Waals surface area contributed by atoms with E-state index in [1.165, 1.54) is 0 Å². The van der Waals surface area contributed by atoms with E-state index in [2.05, 4.69) is 4.98 Å². The Morgan fingerprint density at radius 2 is 2.07 bits per heavy atom. The fourth-order valence-corrected chi connectivity index (χ4v) is 1.75. The third-order valence-corrected chi connectivity index (χ3v) is 2.49. The fraction of sp³-hybridized carbons (Fsp3) is 0.182. The SMILES string of the molecule is Cc1ccc(-n2cncc2C)c(Cl)c1. The van der Waals surface area contributed by atoms with Gasteiger partial charge >= 0.3 is 0 Å². The number of hydrogen-bond donors (Lipinski definition) is 0. The van der Waals surface area contributed by atoms with Crippen LogP contribution in [0.5, 0.6) is 0 Å². The number of aryl methyl sites for hydroxylation is 2. The molecule has 0 unspecified atom stereocenters. The van der Waals surface area contributed by atoms with Gasteiger partial charge < -0.3 is 4.57 Å². The van der Waals surface area contributed by atoms with E-state index in [0.29, 0.717) is 0 Å². The van der Waals surface area contributed by atoms with Crippen molar-refractivity contribution in [3.8, 4) is 5.69 Å². The van der Waals surface area contributed by atoms with Crippen molar-refractivity contribution in [3.05, 3.63) is 47.0 Å². The number of imidazole rings is 1. The van der Waals surface area contributed by atoms with Gasteiger partial charge in [0.25, 0.3) is 0 Å². The molecule has 1 aromatic carbocycles. The molecule has 1 aromatic heterocycles. The lowest BCUT2D eigenvalue weighted by molar-refractivity contribution is 1.00. The van der Waals surface area contributed by atoms with Crippen molar-refractivity contribution in [1.82, 2.24) is 9.55 Å². The summed E-state index contributed by atoms with van der Waals surface area (Å²) in [6.45, 7) is 4.03. The van der Waals surface area contributed by atoms with Gasteiger partial charge in [-0.25, -0.2) is 4.98 Å². The number of rotatable bonds is 1. The average Bonchev–Trinajstić information content (AvgIpc) is 2.52. The second-order valence-electron chi connectivity index (χ2n) is 3.36. The lowest BCUT2D eigenvalue weighted by Gasteiger charge is -2.07. The molecule has 0 bridgehead atoms. The van der Waals surface area contributed by atoms with E-state index in [9.17, 15) is 0 Å². The van der Waals surface area contributed by atoms with Crippen molar-refractivity contribution < 1.29 is 0 Å². The highest BCUT2D eigenvalue weighted by Crippen LogP contribution is 2.22. The minimum absolute atomic E-state index is 0.756. The third kappa shape index (κ3) is 1.53. The Morgan fingerprint density at radius 3 is 2.64 bits per heavy atom. The van der Waals surface area contributed by atoms with Gasteiger partial charge in [-0.1, -0.05) is 17.7 Å². The molecule has 72 valence electrons. The zero-order valence-electron chi connectivity index (χ0n) is 8.16. The Kier molecular flexibility index (Phi) is 2.30. The fourth-order valence-electron chi connectivity index (χ4n) is 1.42. The molecule has 0 spiro atoms. The van der Waals surface area contributed by atoms with Gasteiger partial charge in [0.1, 0.15) is 0 Å². The van der Waals surface area contributed by atoms with E-state index < -0.39 is 0 Å². The van der Waals surface area contributed by atoms with Crippen LogP contribution in [0.2, 0.25) is 5.02 Å². The van der Waals surface area contributed by atoms with Crippen LogP contribution in [-0.2, 0) is 0 Å². The molecule has 2 nitrogen and oxygen atoms in total.